The Labute approximate surface area is 225 Å². The van der Waals surface area contributed by atoms with Gasteiger partial charge in [-0.3, -0.25) is 4.90 Å². The van der Waals surface area contributed by atoms with Crippen molar-refractivity contribution in [3.8, 4) is 5.88 Å². The topological polar surface area (TPSA) is 85.6 Å². The van der Waals surface area contributed by atoms with Gasteiger partial charge in [-0.2, -0.15) is 0 Å². The monoisotopic (exact) mass is 578 g/mol. The van der Waals surface area contributed by atoms with Crippen LogP contribution < -0.4 is 15.4 Å². The van der Waals surface area contributed by atoms with Crippen LogP contribution in [-0.4, -0.2) is 73.8 Å². The van der Waals surface area contributed by atoms with Crippen LogP contribution in [0.4, 0.5) is 9.18 Å². The molecule has 202 valence electrons. The first-order valence-electron chi connectivity index (χ1n) is 12.8. The highest BCUT2D eigenvalue weighted by Gasteiger charge is 2.31. The molecule has 1 saturated carbocycles. The summed E-state index contributed by atoms with van der Waals surface area (Å²) in [6, 6.07) is 1.41. The van der Waals surface area contributed by atoms with Gasteiger partial charge in [0.05, 0.1) is 16.0 Å². The summed E-state index contributed by atoms with van der Waals surface area (Å²) in [4.78, 5) is 20.7. The van der Waals surface area contributed by atoms with E-state index < -0.39 is 11.4 Å². The van der Waals surface area contributed by atoms with Crippen LogP contribution in [0.5, 0.6) is 5.88 Å². The fraction of sp³-hybridized carbons (Fsp3) is 0.615. The second kappa shape index (κ2) is 11.5. The maximum Gasteiger partial charge on any atom is 0.410 e. The number of halogens is 2. The molecule has 2 aliphatic rings. The number of aromatic nitrogens is 4. The van der Waals surface area contributed by atoms with Crippen molar-refractivity contribution >= 4 is 32.6 Å². The molecular formula is C26H36BrFN6O3. The number of amides is 1. The molecule has 1 saturated heterocycles. The molecule has 2 fully saturated rings. The second-order valence-corrected chi connectivity index (χ2v) is 11.8. The first kappa shape index (κ1) is 27.5. The van der Waals surface area contributed by atoms with E-state index in [9.17, 15) is 9.18 Å². The summed E-state index contributed by atoms with van der Waals surface area (Å²) in [6.07, 6.45) is 5.32. The Hall–Kier alpha value is -2.53. The van der Waals surface area contributed by atoms with E-state index in [-0.39, 0.29) is 18.7 Å². The van der Waals surface area contributed by atoms with Crippen LogP contribution in [0, 0.1) is 11.7 Å². The van der Waals surface area contributed by atoms with Crippen molar-refractivity contribution in [1.82, 2.24) is 29.8 Å². The third kappa shape index (κ3) is 7.28. The van der Waals surface area contributed by atoms with E-state index in [1.54, 1.807) is 4.90 Å². The molecule has 11 heteroatoms. The van der Waals surface area contributed by atoms with Gasteiger partial charge in [-0.15, -0.1) is 5.10 Å². The molecule has 0 radical (unpaired) electrons. The average Bonchev–Trinajstić information content (AvgIpc) is 3.54. The van der Waals surface area contributed by atoms with Crippen LogP contribution >= 0.6 is 15.9 Å². The quantitative estimate of drug-likeness (QED) is 0.499. The highest BCUT2D eigenvalue weighted by atomic mass is 79.9. The smallest absolute Gasteiger partial charge is 0.410 e. The normalized spacial score (nSPS) is 20.2. The molecule has 1 aliphatic heterocycles. The van der Waals surface area contributed by atoms with Gasteiger partial charge in [-0.25, -0.2) is 18.9 Å². The van der Waals surface area contributed by atoms with E-state index in [0.29, 0.717) is 43.5 Å². The molecule has 2 aromatic heterocycles. The van der Waals surface area contributed by atoms with E-state index in [2.05, 4.69) is 36.1 Å². The van der Waals surface area contributed by atoms with Crippen molar-refractivity contribution in [2.24, 2.45) is 5.92 Å². The fourth-order valence-electron chi connectivity index (χ4n) is 4.40. The zero-order valence-corrected chi connectivity index (χ0v) is 23.8. The van der Waals surface area contributed by atoms with Crippen LogP contribution in [0.25, 0.3) is 10.6 Å². The van der Waals surface area contributed by atoms with E-state index >= 15 is 0 Å². The highest BCUT2D eigenvalue weighted by Crippen LogP contribution is 2.29. The summed E-state index contributed by atoms with van der Waals surface area (Å²) in [5, 5.41) is 10.3. The maximum absolute atomic E-state index is 14.1. The van der Waals surface area contributed by atoms with E-state index in [0.717, 1.165) is 27.9 Å². The Bertz CT molecular complexity index is 1240. The summed E-state index contributed by atoms with van der Waals surface area (Å²) in [6.45, 7) is 12.8. The van der Waals surface area contributed by atoms with Crippen molar-refractivity contribution in [3.63, 3.8) is 0 Å². The van der Waals surface area contributed by atoms with Crippen molar-refractivity contribution in [1.29, 1.82) is 0 Å². The first-order chi connectivity index (χ1) is 17.5. The molecule has 2 aromatic rings. The predicted molar refractivity (Wildman–Crippen MR) is 142 cm³/mol. The number of pyridine rings is 1. The van der Waals surface area contributed by atoms with Crippen LogP contribution in [0.2, 0.25) is 0 Å². The Kier molecular flexibility index (Phi) is 8.52. The molecule has 1 amide bonds. The lowest BCUT2D eigenvalue weighted by Gasteiger charge is -2.40. The molecule has 1 aliphatic carbocycles. The lowest BCUT2D eigenvalue weighted by molar-refractivity contribution is 0.000445. The molecule has 0 aromatic carbocycles. The molecular weight excluding hydrogens is 543 g/mol. The lowest BCUT2D eigenvalue weighted by atomic mass is 10.1. The Morgan fingerprint density at radius 3 is 2.70 bits per heavy atom. The van der Waals surface area contributed by atoms with Gasteiger partial charge in [0.2, 0.25) is 5.88 Å². The lowest BCUT2D eigenvalue weighted by Crippen LogP contribution is -2.54. The maximum atomic E-state index is 14.1. The van der Waals surface area contributed by atoms with Gasteiger partial charge >= 0.3 is 6.09 Å². The van der Waals surface area contributed by atoms with Crippen LogP contribution in [0.3, 0.4) is 0 Å². The summed E-state index contributed by atoms with van der Waals surface area (Å²) >= 11 is 3.61. The minimum Gasteiger partial charge on any atom is -0.472 e. The number of rotatable bonds is 7. The van der Waals surface area contributed by atoms with Gasteiger partial charge in [0.25, 0.3) is 0 Å². The molecule has 0 spiro atoms. The number of carbonyl (C=O) groups is 1. The highest BCUT2D eigenvalue weighted by molar-refractivity contribution is 9.14. The summed E-state index contributed by atoms with van der Waals surface area (Å²) < 4.78 is 28.4. The van der Waals surface area contributed by atoms with E-state index in [1.165, 1.54) is 18.9 Å². The molecule has 0 N–H and O–H groups in total. The first-order valence-corrected chi connectivity index (χ1v) is 13.6. The SMILES string of the molecule is C/C=c1\c(=C(\Br)COc2ncc(F)cc2CN2CCN(C(=O)OC(C)(C)C)[C@@H](C)C2)nnn1CC1CC1. The summed E-state index contributed by atoms with van der Waals surface area (Å²) in [7, 11) is 0. The van der Waals surface area contributed by atoms with Crippen LogP contribution in [0.15, 0.2) is 12.3 Å². The van der Waals surface area contributed by atoms with Crippen LogP contribution in [-0.2, 0) is 17.8 Å². The van der Waals surface area contributed by atoms with E-state index in [1.807, 2.05) is 45.4 Å². The van der Waals surface area contributed by atoms with Crippen LogP contribution in [0.1, 0.15) is 53.0 Å². The number of carbonyl (C=O) groups excluding carboxylic acids is 1. The minimum absolute atomic E-state index is 0.0427. The van der Waals surface area contributed by atoms with Crippen molar-refractivity contribution in [3.05, 3.63) is 34.3 Å². The number of piperazine rings is 1. The molecule has 37 heavy (non-hydrogen) atoms. The van der Waals surface area contributed by atoms with Gasteiger partial charge in [0.15, 0.2) is 0 Å². The van der Waals surface area contributed by atoms with Crippen molar-refractivity contribution in [2.45, 2.75) is 72.2 Å². The predicted octanol–water partition coefficient (Wildman–Crippen LogP) is 3.05. The Morgan fingerprint density at radius 2 is 2.05 bits per heavy atom. The third-order valence-electron chi connectivity index (χ3n) is 6.39. The van der Waals surface area contributed by atoms with Gasteiger partial charge in [0, 0.05) is 44.3 Å². The minimum atomic E-state index is -0.542. The van der Waals surface area contributed by atoms with Gasteiger partial charge in [-0.1, -0.05) is 11.3 Å². The number of hydrogen-bond acceptors (Lipinski definition) is 7. The largest absolute Gasteiger partial charge is 0.472 e. The molecule has 0 bridgehead atoms. The van der Waals surface area contributed by atoms with E-state index in [4.69, 9.17) is 9.47 Å². The molecule has 1 atom stereocenters. The average molecular weight is 580 g/mol. The summed E-state index contributed by atoms with van der Waals surface area (Å²) in [5.41, 5.74) is 0.109. The zero-order chi connectivity index (χ0) is 26.7. The summed E-state index contributed by atoms with van der Waals surface area (Å²) in [5.74, 6) is 0.632. The zero-order valence-electron chi connectivity index (χ0n) is 22.2. The van der Waals surface area contributed by atoms with Crippen molar-refractivity contribution < 1.29 is 18.7 Å². The molecule has 4 rings (SSSR count). The Balaban J connectivity index is 1.43. The second-order valence-electron chi connectivity index (χ2n) is 10.8. The van der Waals surface area contributed by atoms with Gasteiger partial charge in [0.1, 0.15) is 23.4 Å². The Morgan fingerprint density at radius 1 is 1.30 bits per heavy atom. The molecule has 9 nitrogen and oxygen atoms in total. The van der Waals surface area contributed by atoms with Crippen molar-refractivity contribution in [2.75, 3.05) is 26.2 Å². The third-order valence-corrected chi connectivity index (χ3v) is 7.00. The van der Waals surface area contributed by atoms with Gasteiger partial charge in [-0.05, 0) is 75.4 Å². The number of ether oxygens (including phenoxy) is 2. The molecule has 3 heterocycles. The standard InChI is InChI=1S/C26H36BrFN6O3/c1-6-22-23(30-31-34(22)14-18-7-8-18)21(27)16-36-24-19(11-20(28)12-29-24)15-32-9-10-33(17(2)13-32)25(35)37-26(3,4)5/h6,11-12,17-18H,7-10,13-16H2,1-5H3/b22-6+,23-21-/t17-/m0/s1. The number of hydrogen-bond donors (Lipinski definition) is 0. The number of nitrogens with zero attached hydrogens (tertiary/aromatic N) is 6. The van der Waals surface area contributed by atoms with Gasteiger partial charge < -0.3 is 14.4 Å². The molecule has 0 unspecified atom stereocenters. The fourth-order valence-corrected chi connectivity index (χ4v) is 4.80.